The van der Waals surface area contributed by atoms with Crippen molar-refractivity contribution in [1.82, 2.24) is 0 Å². The molecule has 3 atom stereocenters. The van der Waals surface area contributed by atoms with Crippen molar-refractivity contribution < 1.29 is 38.3 Å². The molecule has 35 heavy (non-hydrogen) atoms. The van der Waals surface area contributed by atoms with Crippen LogP contribution in [0.15, 0.2) is 23.8 Å². The number of phenols is 1. The molecule has 0 amide bonds. The van der Waals surface area contributed by atoms with Crippen molar-refractivity contribution in [2.75, 3.05) is 28.1 Å². The van der Waals surface area contributed by atoms with Crippen LogP contribution in [-0.2, 0) is 16.0 Å². The van der Waals surface area contributed by atoms with Crippen molar-refractivity contribution in [3.63, 3.8) is 0 Å². The molecule has 4 rings (SSSR count). The van der Waals surface area contributed by atoms with Gasteiger partial charge in [-0.05, 0) is 43.9 Å². The molecular weight excluding hydrogens is 452 g/mol. The van der Waals surface area contributed by atoms with Crippen LogP contribution in [0.3, 0.4) is 0 Å². The van der Waals surface area contributed by atoms with Crippen molar-refractivity contribution in [3.8, 4) is 45.6 Å². The van der Waals surface area contributed by atoms with E-state index < -0.39 is 12.1 Å². The molecule has 0 fully saturated rings. The summed E-state index contributed by atoms with van der Waals surface area (Å²) in [5.41, 5.74) is 3.11. The van der Waals surface area contributed by atoms with Crippen LogP contribution in [0.4, 0.5) is 0 Å². The molecule has 0 bridgehead atoms. The molecule has 0 saturated carbocycles. The van der Waals surface area contributed by atoms with Gasteiger partial charge >= 0.3 is 5.97 Å². The molecule has 0 spiro atoms. The highest BCUT2D eigenvalue weighted by Gasteiger charge is 2.39. The Morgan fingerprint density at radius 1 is 1.06 bits per heavy atom. The summed E-state index contributed by atoms with van der Waals surface area (Å²) in [6.07, 6.45) is 1.68. The zero-order valence-corrected chi connectivity index (χ0v) is 21.2. The molecule has 2 aromatic carbocycles. The quantitative estimate of drug-likeness (QED) is 0.458. The Kier molecular flexibility index (Phi) is 6.74. The van der Waals surface area contributed by atoms with Crippen molar-refractivity contribution in [2.45, 2.75) is 40.2 Å². The lowest BCUT2D eigenvalue weighted by Gasteiger charge is -2.35. The Labute approximate surface area is 205 Å². The van der Waals surface area contributed by atoms with E-state index in [4.69, 9.17) is 28.4 Å². The summed E-state index contributed by atoms with van der Waals surface area (Å²) in [7, 11) is 4.64. The second-order valence-corrected chi connectivity index (χ2v) is 8.94. The number of carbonyl (C=O) groups excluding carboxylic acids is 1. The van der Waals surface area contributed by atoms with Gasteiger partial charge in [0, 0.05) is 28.2 Å². The molecule has 0 unspecified atom stereocenters. The number of ether oxygens (including phenoxy) is 6. The van der Waals surface area contributed by atoms with Gasteiger partial charge in [0.25, 0.3) is 0 Å². The Balaban J connectivity index is 2.09. The van der Waals surface area contributed by atoms with Gasteiger partial charge in [-0.25, -0.2) is 4.79 Å². The number of allylic oxidation sites excluding steroid dienone is 1. The van der Waals surface area contributed by atoms with E-state index in [0.717, 1.165) is 5.56 Å². The molecular formula is C27H32O8. The van der Waals surface area contributed by atoms with Crippen molar-refractivity contribution in [2.24, 2.45) is 11.8 Å². The van der Waals surface area contributed by atoms with E-state index in [2.05, 4.69) is 6.92 Å². The minimum Gasteiger partial charge on any atom is -0.504 e. The maximum Gasteiger partial charge on any atom is 0.333 e. The smallest absolute Gasteiger partial charge is 0.333 e. The van der Waals surface area contributed by atoms with Gasteiger partial charge in [-0.3, -0.25) is 0 Å². The highest BCUT2D eigenvalue weighted by molar-refractivity contribution is 5.90. The van der Waals surface area contributed by atoms with Crippen molar-refractivity contribution in [1.29, 1.82) is 0 Å². The predicted molar refractivity (Wildman–Crippen MR) is 130 cm³/mol. The fourth-order valence-electron chi connectivity index (χ4n) is 4.78. The summed E-state index contributed by atoms with van der Waals surface area (Å²) in [5, 5.41) is 11.5. The third-order valence-corrected chi connectivity index (χ3v) is 7.04. The third kappa shape index (κ3) is 4.00. The largest absolute Gasteiger partial charge is 0.504 e. The van der Waals surface area contributed by atoms with Gasteiger partial charge in [0.05, 0.1) is 21.3 Å². The fraction of sp³-hybridized carbons (Fsp3) is 0.444. The topological polar surface area (TPSA) is 92.7 Å². The van der Waals surface area contributed by atoms with E-state index in [9.17, 15) is 9.90 Å². The molecule has 188 valence electrons. The molecule has 1 heterocycles. The van der Waals surface area contributed by atoms with Crippen molar-refractivity contribution >= 4 is 5.97 Å². The first-order chi connectivity index (χ1) is 16.8. The van der Waals surface area contributed by atoms with Gasteiger partial charge in [0.15, 0.2) is 23.0 Å². The van der Waals surface area contributed by atoms with Gasteiger partial charge < -0.3 is 33.5 Å². The van der Waals surface area contributed by atoms with E-state index in [0.29, 0.717) is 51.7 Å². The van der Waals surface area contributed by atoms with E-state index in [-0.39, 0.29) is 30.1 Å². The minimum absolute atomic E-state index is 0.0181. The fourth-order valence-corrected chi connectivity index (χ4v) is 4.78. The molecule has 1 aliphatic heterocycles. The molecule has 0 radical (unpaired) electrons. The van der Waals surface area contributed by atoms with Crippen LogP contribution in [0.5, 0.6) is 34.5 Å². The number of hydrogen-bond donors (Lipinski definition) is 1. The molecule has 1 N–H and O–H groups in total. The van der Waals surface area contributed by atoms with Crippen molar-refractivity contribution in [3.05, 3.63) is 34.9 Å². The number of methoxy groups -OCH3 is 3. The zero-order chi connectivity index (χ0) is 25.4. The highest BCUT2D eigenvalue weighted by atomic mass is 16.7. The SMILES string of the molecule is C/C=C(/C)C(=O)O[C@H]1c2cc3c(c(O)c2-c2c(cc(OC)c(OC)c2OC)C[C@@H](C)[C@H]1C)OCO3. The second-order valence-electron chi connectivity index (χ2n) is 8.94. The lowest BCUT2D eigenvalue weighted by atomic mass is 9.76. The average Bonchev–Trinajstić information content (AvgIpc) is 3.34. The van der Waals surface area contributed by atoms with E-state index >= 15 is 0 Å². The number of esters is 1. The van der Waals surface area contributed by atoms with Gasteiger partial charge in [0.1, 0.15) is 6.10 Å². The van der Waals surface area contributed by atoms with Crippen LogP contribution in [0, 0.1) is 11.8 Å². The van der Waals surface area contributed by atoms with Gasteiger partial charge in [-0.2, -0.15) is 0 Å². The highest BCUT2D eigenvalue weighted by Crippen LogP contribution is 2.58. The predicted octanol–water partition coefficient (Wildman–Crippen LogP) is 5.19. The lowest BCUT2D eigenvalue weighted by Crippen LogP contribution is -2.26. The number of phenolic OH excluding ortho intramolecular Hbond substituents is 1. The Hall–Kier alpha value is -3.55. The summed E-state index contributed by atoms with van der Waals surface area (Å²) < 4.78 is 34.4. The number of fused-ring (bicyclic) bond motifs is 4. The van der Waals surface area contributed by atoms with E-state index in [1.807, 2.05) is 13.0 Å². The molecule has 8 nitrogen and oxygen atoms in total. The Morgan fingerprint density at radius 3 is 2.40 bits per heavy atom. The van der Waals surface area contributed by atoms with Gasteiger partial charge in [-0.15, -0.1) is 0 Å². The molecule has 1 aliphatic carbocycles. The zero-order valence-electron chi connectivity index (χ0n) is 21.2. The number of aromatic hydroxyl groups is 1. The summed E-state index contributed by atoms with van der Waals surface area (Å²) >= 11 is 0. The monoisotopic (exact) mass is 484 g/mol. The maximum atomic E-state index is 12.9. The second kappa shape index (κ2) is 9.60. The van der Waals surface area contributed by atoms with Crippen LogP contribution in [0.2, 0.25) is 0 Å². The summed E-state index contributed by atoms with van der Waals surface area (Å²) in [5.74, 6) is 1.46. The number of hydrogen-bond acceptors (Lipinski definition) is 8. The Bertz CT molecular complexity index is 1180. The van der Waals surface area contributed by atoms with Crippen LogP contribution < -0.4 is 23.7 Å². The Morgan fingerprint density at radius 2 is 1.77 bits per heavy atom. The molecule has 0 aromatic heterocycles. The van der Waals surface area contributed by atoms with E-state index in [1.54, 1.807) is 40.2 Å². The molecule has 2 aliphatic rings. The molecule has 0 saturated heterocycles. The molecule has 2 aromatic rings. The van der Waals surface area contributed by atoms with Crippen LogP contribution >= 0.6 is 0 Å². The number of carbonyl (C=O) groups is 1. The standard InChI is InChI=1S/C27H32O8/c1-8-13(2)27(29)35-23-15(4)14(3)9-16-10-18(30-5)25(31-6)26(32-7)20(16)21-17(23)11-19-24(22(21)28)34-12-33-19/h8,10-11,14-15,23,28H,9,12H2,1-7H3/b13-8-/t14-,15-,23-/m1/s1. The summed E-state index contributed by atoms with van der Waals surface area (Å²) in [6.45, 7) is 7.64. The number of rotatable bonds is 5. The van der Waals surface area contributed by atoms with Gasteiger partial charge in [-0.1, -0.05) is 19.9 Å². The first-order valence-corrected chi connectivity index (χ1v) is 11.6. The summed E-state index contributed by atoms with van der Waals surface area (Å²) in [4.78, 5) is 12.9. The normalized spacial score (nSPS) is 20.8. The lowest BCUT2D eigenvalue weighted by molar-refractivity contribution is -0.148. The van der Waals surface area contributed by atoms with Gasteiger partial charge in [0.2, 0.25) is 18.3 Å². The maximum absolute atomic E-state index is 12.9. The summed E-state index contributed by atoms with van der Waals surface area (Å²) in [6, 6.07) is 3.69. The third-order valence-electron chi connectivity index (χ3n) is 7.04. The first-order valence-electron chi connectivity index (χ1n) is 11.6. The van der Waals surface area contributed by atoms with Crippen LogP contribution in [0.25, 0.3) is 11.1 Å². The van der Waals surface area contributed by atoms with E-state index in [1.165, 1.54) is 7.11 Å². The average molecular weight is 485 g/mol. The van der Waals surface area contributed by atoms with Crippen LogP contribution in [0.1, 0.15) is 44.9 Å². The first kappa shape index (κ1) is 24.6. The van der Waals surface area contributed by atoms with Crippen LogP contribution in [-0.4, -0.2) is 39.2 Å². The molecule has 8 heteroatoms. The number of benzene rings is 2. The minimum atomic E-state index is -0.659.